The van der Waals surface area contributed by atoms with Gasteiger partial charge in [0.2, 0.25) is 0 Å². The average molecular weight is 405 g/mol. The van der Waals surface area contributed by atoms with E-state index in [0.29, 0.717) is 11.1 Å². The second kappa shape index (κ2) is 7.85. The van der Waals surface area contributed by atoms with Gasteiger partial charge in [0.05, 0.1) is 0 Å². The van der Waals surface area contributed by atoms with Gasteiger partial charge in [0.25, 0.3) is 11.1 Å². The smallest absolute Gasteiger partial charge is 0.277 e. The Balaban J connectivity index is 1.55. The van der Waals surface area contributed by atoms with Crippen molar-refractivity contribution in [1.29, 1.82) is 0 Å². The molecular weight excluding hydrogens is 388 g/mol. The Morgan fingerprint density at radius 1 is 1.08 bits per heavy atom. The fourth-order valence-electron chi connectivity index (χ4n) is 2.29. The average Bonchev–Trinajstić information content (AvgIpc) is 2.98. The van der Waals surface area contributed by atoms with Crippen LogP contribution in [0.15, 0.2) is 56.6 Å². The van der Waals surface area contributed by atoms with Crippen LogP contribution in [0.3, 0.4) is 0 Å². The van der Waals surface area contributed by atoms with Crippen LogP contribution in [0.25, 0.3) is 0 Å². The summed E-state index contributed by atoms with van der Waals surface area (Å²) in [6, 6.07) is 14.3. The van der Waals surface area contributed by atoms with E-state index >= 15 is 0 Å². The van der Waals surface area contributed by atoms with E-state index in [1.807, 2.05) is 38.1 Å². The number of nitrogens with zero attached hydrogens (tertiary/aromatic N) is 2. The maximum absolute atomic E-state index is 5.73. The highest BCUT2D eigenvalue weighted by molar-refractivity contribution is 9.10. The van der Waals surface area contributed by atoms with E-state index in [-0.39, 0.29) is 6.61 Å². The summed E-state index contributed by atoms with van der Waals surface area (Å²) in [5, 5.41) is 8.64. The first-order chi connectivity index (χ1) is 11.6. The molecule has 0 saturated heterocycles. The van der Waals surface area contributed by atoms with E-state index in [1.54, 1.807) is 0 Å². The van der Waals surface area contributed by atoms with Crippen LogP contribution in [-0.4, -0.2) is 10.2 Å². The number of hydrogen-bond donors (Lipinski definition) is 0. The summed E-state index contributed by atoms with van der Waals surface area (Å²) in [6.45, 7) is 4.36. The van der Waals surface area contributed by atoms with E-state index in [4.69, 9.17) is 9.15 Å². The number of aryl methyl sites for hydroxylation is 2. The molecule has 0 atom stereocenters. The zero-order valence-corrected chi connectivity index (χ0v) is 15.9. The molecule has 4 nitrogen and oxygen atoms in total. The summed E-state index contributed by atoms with van der Waals surface area (Å²) in [4.78, 5) is 0. The maximum Gasteiger partial charge on any atom is 0.277 e. The second-order valence-electron chi connectivity index (χ2n) is 5.49. The van der Waals surface area contributed by atoms with Crippen molar-refractivity contribution in [1.82, 2.24) is 10.2 Å². The van der Waals surface area contributed by atoms with Gasteiger partial charge in [0.15, 0.2) is 6.61 Å². The van der Waals surface area contributed by atoms with Crippen molar-refractivity contribution in [2.45, 2.75) is 31.4 Å². The summed E-state index contributed by atoms with van der Waals surface area (Å²) >= 11 is 4.98. The van der Waals surface area contributed by atoms with Gasteiger partial charge in [-0.1, -0.05) is 45.9 Å². The first-order valence-electron chi connectivity index (χ1n) is 7.49. The fourth-order valence-corrected chi connectivity index (χ4v) is 3.46. The van der Waals surface area contributed by atoms with Gasteiger partial charge in [-0.05, 0) is 54.8 Å². The largest absolute Gasteiger partial charge is 0.484 e. The highest BCUT2D eigenvalue weighted by atomic mass is 79.9. The van der Waals surface area contributed by atoms with E-state index in [9.17, 15) is 0 Å². The fraction of sp³-hybridized carbons (Fsp3) is 0.222. The Morgan fingerprint density at radius 3 is 2.62 bits per heavy atom. The lowest BCUT2D eigenvalue weighted by Crippen LogP contribution is -1.96. The molecule has 0 amide bonds. The van der Waals surface area contributed by atoms with Gasteiger partial charge in [-0.2, -0.15) is 0 Å². The SMILES string of the molecule is Cc1cc(C)cc(OCc2nnc(SCc3cccc(Br)c3)o2)c1. The predicted molar refractivity (Wildman–Crippen MR) is 98.2 cm³/mol. The van der Waals surface area contributed by atoms with E-state index < -0.39 is 0 Å². The molecule has 2 aromatic carbocycles. The summed E-state index contributed by atoms with van der Waals surface area (Å²) in [5.74, 6) is 2.07. The number of benzene rings is 2. The van der Waals surface area contributed by atoms with Gasteiger partial charge in [-0.15, -0.1) is 10.2 Å². The van der Waals surface area contributed by atoms with Gasteiger partial charge >= 0.3 is 0 Å². The molecule has 1 aromatic heterocycles. The van der Waals surface area contributed by atoms with Crippen LogP contribution in [0.1, 0.15) is 22.6 Å². The maximum atomic E-state index is 5.73. The minimum absolute atomic E-state index is 0.271. The Hall–Kier alpha value is -1.79. The van der Waals surface area contributed by atoms with Crippen LogP contribution in [0.5, 0.6) is 5.75 Å². The highest BCUT2D eigenvalue weighted by Gasteiger charge is 2.08. The lowest BCUT2D eigenvalue weighted by atomic mass is 10.1. The third-order valence-electron chi connectivity index (χ3n) is 3.26. The Labute approximate surface area is 153 Å². The van der Waals surface area contributed by atoms with Gasteiger partial charge in [-0.3, -0.25) is 0 Å². The van der Waals surface area contributed by atoms with Crippen LogP contribution in [0.2, 0.25) is 0 Å². The zero-order valence-electron chi connectivity index (χ0n) is 13.5. The standard InChI is InChI=1S/C18H17BrN2O2S/c1-12-6-13(2)8-16(7-12)22-10-17-20-21-18(23-17)24-11-14-4-3-5-15(19)9-14/h3-9H,10-11H2,1-2H3. The molecule has 6 heteroatoms. The number of ether oxygens (including phenoxy) is 1. The molecule has 0 fully saturated rings. The third kappa shape index (κ3) is 4.85. The lowest BCUT2D eigenvalue weighted by Gasteiger charge is -2.05. The van der Waals surface area contributed by atoms with Crippen molar-refractivity contribution in [2.24, 2.45) is 0 Å². The monoisotopic (exact) mass is 404 g/mol. The third-order valence-corrected chi connectivity index (χ3v) is 4.64. The predicted octanol–water partition coefficient (Wildman–Crippen LogP) is 5.32. The quantitative estimate of drug-likeness (QED) is 0.520. The Kier molecular flexibility index (Phi) is 5.58. The minimum Gasteiger partial charge on any atom is -0.484 e. The molecule has 0 spiro atoms. The highest BCUT2D eigenvalue weighted by Crippen LogP contribution is 2.24. The number of rotatable bonds is 6. The molecule has 0 saturated carbocycles. The molecular formula is C18H17BrN2O2S. The Morgan fingerprint density at radius 2 is 1.88 bits per heavy atom. The summed E-state index contributed by atoms with van der Waals surface area (Å²) < 4.78 is 12.4. The second-order valence-corrected chi connectivity index (χ2v) is 7.33. The molecule has 124 valence electrons. The van der Waals surface area contributed by atoms with Gasteiger partial charge < -0.3 is 9.15 Å². The topological polar surface area (TPSA) is 48.2 Å². The number of thioether (sulfide) groups is 1. The normalized spacial score (nSPS) is 10.8. The van der Waals surface area contributed by atoms with Gasteiger partial charge in [-0.25, -0.2) is 0 Å². The zero-order chi connectivity index (χ0) is 16.9. The van der Waals surface area contributed by atoms with Crippen molar-refractivity contribution in [3.8, 4) is 5.75 Å². The molecule has 3 rings (SSSR count). The Bertz CT molecular complexity index is 815. The first-order valence-corrected chi connectivity index (χ1v) is 9.27. The van der Waals surface area contributed by atoms with Crippen molar-refractivity contribution in [2.75, 3.05) is 0 Å². The lowest BCUT2D eigenvalue weighted by molar-refractivity contribution is 0.252. The van der Waals surface area contributed by atoms with Crippen LogP contribution in [-0.2, 0) is 12.4 Å². The van der Waals surface area contributed by atoms with E-state index in [0.717, 1.165) is 16.0 Å². The molecule has 0 unspecified atom stereocenters. The van der Waals surface area contributed by atoms with Crippen LogP contribution < -0.4 is 4.74 Å². The molecule has 1 heterocycles. The van der Waals surface area contributed by atoms with E-state index in [1.165, 1.54) is 28.5 Å². The molecule has 0 radical (unpaired) electrons. The van der Waals surface area contributed by atoms with Crippen molar-refractivity contribution in [3.63, 3.8) is 0 Å². The molecule has 0 aliphatic carbocycles. The number of hydrogen-bond acceptors (Lipinski definition) is 5. The summed E-state index contributed by atoms with van der Waals surface area (Å²) in [6.07, 6.45) is 0. The van der Waals surface area contributed by atoms with Crippen LogP contribution >= 0.6 is 27.7 Å². The van der Waals surface area contributed by atoms with Gasteiger partial charge in [0.1, 0.15) is 5.75 Å². The molecule has 0 aliphatic rings. The molecule has 3 aromatic rings. The molecule has 0 bridgehead atoms. The van der Waals surface area contributed by atoms with Crippen LogP contribution in [0, 0.1) is 13.8 Å². The molecule has 0 N–H and O–H groups in total. The van der Waals surface area contributed by atoms with Gasteiger partial charge in [0, 0.05) is 10.2 Å². The molecule has 0 aliphatic heterocycles. The van der Waals surface area contributed by atoms with Crippen LogP contribution in [0.4, 0.5) is 0 Å². The number of halogens is 1. The molecule has 24 heavy (non-hydrogen) atoms. The summed E-state index contributed by atoms with van der Waals surface area (Å²) in [5.41, 5.74) is 3.53. The van der Waals surface area contributed by atoms with Crippen molar-refractivity contribution >= 4 is 27.7 Å². The number of aromatic nitrogens is 2. The van der Waals surface area contributed by atoms with Crippen molar-refractivity contribution in [3.05, 3.63) is 69.5 Å². The minimum atomic E-state index is 0.271. The van der Waals surface area contributed by atoms with E-state index in [2.05, 4.69) is 44.3 Å². The summed E-state index contributed by atoms with van der Waals surface area (Å²) in [7, 11) is 0. The van der Waals surface area contributed by atoms with Crippen molar-refractivity contribution < 1.29 is 9.15 Å². The first kappa shape index (κ1) is 17.0.